The Balaban J connectivity index is 2.11. The Labute approximate surface area is 124 Å². The zero-order valence-electron chi connectivity index (χ0n) is 11.2. The summed E-state index contributed by atoms with van der Waals surface area (Å²) in [5.74, 6) is -2.99. The quantitative estimate of drug-likeness (QED) is 0.696. The molecule has 0 fully saturated rings. The number of fused-ring (bicyclic) bond motifs is 1. The lowest BCUT2D eigenvalue weighted by atomic mass is 10.0. The molecule has 0 aliphatic rings. The van der Waals surface area contributed by atoms with Crippen molar-refractivity contribution in [1.82, 2.24) is 5.32 Å². The minimum absolute atomic E-state index is 0.1000. The summed E-state index contributed by atoms with van der Waals surface area (Å²) >= 11 is 1.50. The van der Waals surface area contributed by atoms with Gasteiger partial charge in [0.25, 0.3) is 0 Å². The van der Waals surface area contributed by atoms with Crippen molar-refractivity contribution in [3.63, 3.8) is 0 Å². The maximum atomic E-state index is 14.0. The van der Waals surface area contributed by atoms with Crippen LogP contribution in [0.5, 0.6) is 0 Å². The molecule has 2 aromatic carbocycles. The van der Waals surface area contributed by atoms with Crippen LogP contribution >= 0.6 is 11.3 Å². The van der Waals surface area contributed by atoms with E-state index in [-0.39, 0.29) is 5.56 Å². The number of nitrogens with one attached hydrogen (secondary N) is 1. The van der Waals surface area contributed by atoms with Crippen LogP contribution in [0, 0.1) is 17.5 Å². The summed E-state index contributed by atoms with van der Waals surface area (Å²) in [4.78, 5) is 0.851. The Hall–Kier alpha value is -1.85. The van der Waals surface area contributed by atoms with Gasteiger partial charge in [0, 0.05) is 21.2 Å². The van der Waals surface area contributed by atoms with E-state index in [9.17, 15) is 13.2 Å². The predicted octanol–water partition coefficient (Wildman–Crippen LogP) is 4.63. The number of thiophene rings is 1. The van der Waals surface area contributed by atoms with Gasteiger partial charge in [0.05, 0.1) is 6.04 Å². The van der Waals surface area contributed by atoms with Gasteiger partial charge in [-0.25, -0.2) is 13.2 Å². The summed E-state index contributed by atoms with van der Waals surface area (Å²) in [6.07, 6.45) is 0. The van der Waals surface area contributed by atoms with Gasteiger partial charge < -0.3 is 5.32 Å². The van der Waals surface area contributed by atoms with E-state index in [0.29, 0.717) is 6.07 Å². The van der Waals surface area contributed by atoms with E-state index >= 15 is 0 Å². The smallest absolute Gasteiger partial charge is 0.161 e. The molecule has 1 aromatic heterocycles. The minimum atomic E-state index is -1.18. The molecule has 1 atom stereocenters. The van der Waals surface area contributed by atoms with E-state index in [4.69, 9.17) is 0 Å². The van der Waals surface area contributed by atoms with Gasteiger partial charge in [0.15, 0.2) is 11.6 Å². The van der Waals surface area contributed by atoms with Crippen molar-refractivity contribution in [2.24, 2.45) is 0 Å². The highest BCUT2D eigenvalue weighted by Gasteiger charge is 2.21. The van der Waals surface area contributed by atoms with Gasteiger partial charge in [-0.05, 0) is 30.6 Å². The molecule has 0 saturated heterocycles. The van der Waals surface area contributed by atoms with Gasteiger partial charge in [-0.15, -0.1) is 11.3 Å². The summed E-state index contributed by atoms with van der Waals surface area (Å²) in [5, 5.41) is 4.01. The molecule has 1 nitrogen and oxygen atoms in total. The standard InChI is InChI=1S/C16H12F3NS/c1-20-16(10-7-12(18)13(19)8-11(10)17)15-6-9-4-2-3-5-14(9)21-15/h2-8,16,20H,1H3. The SMILES string of the molecule is CNC(c1cc2ccccc2s1)c1cc(F)c(F)cc1F. The van der Waals surface area contributed by atoms with Gasteiger partial charge in [0.1, 0.15) is 5.82 Å². The Morgan fingerprint density at radius 1 is 0.952 bits per heavy atom. The van der Waals surface area contributed by atoms with Crippen LogP contribution in [-0.4, -0.2) is 7.05 Å². The first-order chi connectivity index (χ1) is 10.1. The van der Waals surface area contributed by atoms with Crippen LogP contribution in [0.15, 0.2) is 42.5 Å². The molecule has 3 rings (SSSR count). The van der Waals surface area contributed by atoms with Gasteiger partial charge in [-0.2, -0.15) is 0 Å². The number of hydrogen-bond acceptors (Lipinski definition) is 2. The molecule has 0 radical (unpaired) electrons. The van der Waals surface area contributed by atoms with Crippen LogP contribution in [0.1, 0.15) is 16.5 Å². The molecule has 0 spiro atoms. The minimum Gasteiger partial charge on any atom is -0.309 e. The number of halogens is 3. The Morgan fingerprint density at radius 2 is 1.67 bits per heavy atom. The number of hydrogen-bond donors (Lipinski definition) is 1. The van der Waals surface area contributed by atoms with E-state index in [1.54, 1.807) is 7.05 Å². The molecule has 0 saturated carbocycles. The second kappa shape index (κ2) is 5.50. The van der Waals surface area contributed by atoms with Crippen LogP contribution in [0.4, 0.5) is 13.2 Å². The van der Waals surface area contributed by atoms with Crippen molar-refractivity contribution in [2.45, 2.75) is 6.04 Å². The third-order valence-electron chi connectivity index (χ3n) is 3.37. The third-order valence-corrected chi connectivity index (χ3v) is 4.55. The Bertz CT molecular complexity index is 764. The third kappa shape index (κ3) is 2.54. The molecule has 108 valence electrons. The maximum Gasteiger partial charge on any atom is 0.161 e. The Morgan fingerprint density at radius 3 is 2.38 bits per heavy atom. The molecule has 1 heterocycles. The fraction of sp³-hybridized carbons (Fsp3) is 0.125. The summed E-state index contributed by atoms with van der Waals surface area (Å²) in [7, 11) is 1.66. The molecule has 0 bridgehead atoms. The second-order valence-corrected chi connectivity index (χ2v) is 5.81. The van der Waals surface area contributed by atoms with Gasteiger partial charge in [0.2, 0.25) is 0 Å². The largest absolute Gasteiger partial charge is 0.309 e. The van der Waals surface area contributed by atoms with Crippen molar-refractivity contribution in [1.29, 1.82) is 0 Å². The zero-order valence-corrected chi connectivity index (χ0v) is 12.0. The van der Waals surface area contributed by atoms with Crippen LogP contribution < -0.4 is 5.32 Å². The maximum absolute atomic E-state index is 14.0. The van der Waals surface area contributed by atoms with Crippen molar-refractivity contribution in [3.05, 3.63) is 70.4 Å². The second-order valence-electron chi connectivity index (χ2n) is 4.70. The van der Waals surface area contributed by atoms with Crippen molar-refractivity contribution in [2.75, 3.05) is 7.05 Å². The highest BCUT2D eigenvalue weighted by molar-refractivity contribution is 7.19. The fourth-order valence-corrected chi connectivity index (χ4v) is 3.55. The molecule has 21 heavy (non-hydrogen) atoms. The lowest BCUT2D eigenvalue weighted by molar-refractivity contribution is 0.484. The van der Waals surface area contributed by atoms with Crippen LogP contribution in [0.3, 0.4) is 0 Å². The number of rotatable bonds is 3. The van der Waals surface area contributed by atoms with Crippen molar-refractivity contribution < 1.29 is 13.2 Å². The summed E-state index contributed by atoms with van der Waals surface area (Å²) < 4.78 is 41.5. The van der Waals surface area contributed by atoms with E-state index in [1.165, 1.54) is 11.3 Å². The first-order valence-electron chi connectivity index (χ1n) is 6.40. The average molecular weight is 307 g/mol. The highest BCUT2D eigenvalue weighted by atomic mass is 32.1. The van der Waals surface area contributed by atoms with Gasteiger partial charge in [-0.1, -0.05) is 18.2 Å². The summed E-state index contributed by atoms with van der Waals surface area (Å²) in [6, 6.07) is 10.7. The molecular formula is C16H12F3NS. The lowest BCUT2D eigenvalue weighted by Crippen LogP contribution is -2.18. The molecule has 1 unspecified atom stereocenters. The van der Waals surface area contributed by atoms with E-state index in [0.717, 1.165) is 21.0 Å². The van der Waals surface area contributed by atoms with Gasteiger partial charge in [-0.3, -0.25) is 0 Å². The molecule has 0 aliphatic heterocycles. The van der Waals surface area contributed by atoms with Crippen LogP contribution in [0.25, 0.3) is 10.1 Å². The number of benzene rings is 2. The molecular weight excluding hydrogens is 295 g/mol. The Kier molecular flexibility index (Phi) is 3.69. The summed E-state index contributed by atoms with van der Waals surface area (Å²) in [6.45, 7) is 0. The predicted molar refractivity (Wildman–Crippen MR) is 79.0 cm³/mol. The molecule has 3 aromatic rings. The monoisotopic (exact) mass is 307 g/mol. The van der Waals surface area contributed by atoms with Crippen molar-refractivity contribution in [3.8, 4) is 0 Å². The summed E-state index contributed by atoms with van der Waals surface area (Å²) in [5.41, 5.74) is 0.1000. The topological polar surface area (TPSA) is 12.0 Å². The van der Waals surface area contributed by atoms with Crippen LogP contribution in [-0.2, 0) is 0 Å². The normalized spacial score (nSPS) is 12.8. The van der Waals surface area contributed by atoms with Crippen LogP contribution in [0.2, 0.25) is 0 Å². The zero-order chi connectivity index (χ0) is 15.0. The average Bonchev–Trinajstić information content (AvgIpc) is 2.88. The molecule has 0 amide bonds. The fourth-order valence-electron chi connectivity index (χ4n) is 2.35. The van der Waals surface area contributed by atoms with Gasteiger partial charge >= 0.3 is 0 Å². The highest BCUT2D eigenvalue weighted by Crippen LogP contribution is 2.34. The van der Waals surface area contributed by atoms with E-state index < -0.39 is 23.5 Å². The van der Waals surface area contributed by atoms with E-state index in [2.05, 4.69) is 5.32 Å². The molecule has 0 aliphatic carbocycles. The lowest BCUT2D eigenvalue weighted by Gasteiger charge is -2.16. The van der Waals surface area contributed by atoms with Crippen molar-refractivity contribution >= 4 is 21.4 Å². The van der Waals surface area contributed by atoms with E-state index in [1.807, 2.05) is 30.3 Å². The first kappa shape index (κ1) is 14.1. The molecule has 5 heteroatoms. The molecule has 1 N–H and O–H groups in total. The first-order valence-corrected chi connectivity index (χ1v) is 7.22.